The summed E-state index contributed by atoms with van der Waals surface area (Å²) in [6.45, 7) is 2.33. The second-order valence-corrected chi connectivity index (χ2v) is 7.05. The minimum atomic E-state index is -0.444. The van der Waals surface area contributed by atoms with Gasteiger partial charge in [0.1, 0.15) is 0 Å². The predicted molar refractivity (Wildman–Crippen MR) is 94.5 cm³/mol. The number of amides is 3. The van der Waals surface area contributed by atoms with E-state index in [1.165, 1.54) is 6.42 Å². The molecule has 0 aromatic heterocycles. The van der Waals surface area contributed by atoms with Crippen molar-refractivity contribution in [2.45, 2.75) is 45.4 Å². The van der Waals surface area contributed by atoms with Crippen LogP contribution in [0.4, 0.5) is 5.69 Å². The number of benzene rings is 1. The molecule has 2 N–H and O–H groups in total. The summed E-state index contributed by atoms with van der Waals surface area (Å²) in [5.74, 6) is -0.939. The highest BCUT2D eigenvalue weighted by molar-refractivity contribution is 6.00. The van der Waals surface area contributed by atoms with E-state index in [-0.39, 0.29) is 30.1 Å². The Morgan fingerprint density at radius 2 is 1.56 bits per heavy atom. The topological polar surface area (TPSA) is 78.5 Å². The van der Waals surface area contributed by atoms with E-state index in [0.717, 1.165) is 36.9 Å². The van der Waals surface area contributed by atoms with Gasteiger partial charge in [0, 0.05) is 24.6 Å². The molecule has 1 aliphatic carbocycles. The first-order chi connectivity index (χ1) is 12.0. The molecule has 0 unspecified atom stereocenters. The lowest BCUT2D eigenvalue weighted by Gasteiger charge is -2.21. The maximum atomic E-state index is 12.3. The van der Waals surface area contributed by atoms with E-state index in [1.807, 2.05) is 31.2 Å². The van der Waals surface area contributed by atoms with Gasteiger partial charge in [0.15, 0.2) is 0 Å². The van der Waals surface area contributed by atoms with Crippen molar-refractivity contribution < 1.29 is 14.4 Å². The lowest BCUT2D eigenvalue weighted by Crippen LogP contribution is -2.47. The maximum absolute atomic E-state index is 12.3. The highest BCUT2D eigenvalue weighted by Gasteiger charge is 2.35. The van der Waals surface area contributed by atoms with Gasteiger partial charge in [-0.15, -0.1) is 0 Å². The molecule has 1 aromatic carbocycles. The van der Waals surface area contributed by atoms with Gasteiger partial charge >= 0.3 is 0 Å². The fourth-order valence-electron chi connectivity index (χ4n) is 3.55. The molecule has 1 heterocycles. The Morgan fingerprint density at radius 1 is 0.960 bits per heavy atom. The molecule has 0 radical (unpaired) electrons. The quantitative estimate of drug-likeness (QED) is 0.825. The first-order valence-corrected chi connectivity index (χ1v) is 9.01. The summed E-state index contributed by atoms with van der Waals surface area (Å²) in [6.07, 6.45) is 5.23. The van der Waals surface area contributed by atoms with Crippen LogP contribution < -0.4 is 15.8 Å². The van der Waals surface area contributed by atoms with E-state index in [0.29, 0.717) is 6.54 Å². The zero-order chi connectivity index (χ0) is 17.8. The minimum absolute atomic E-state index is 0.0108. The summed E-state index contributed by atoms with van der Waals surface area (Å²) < 4.78 is 0. The van der Waals surface area contributed by atoms with Gasteiger partial charge < -0.3 is 4.90 Å². The Labute approximate surface area is 147 Å². The number of aryl methyl sites for hydroxylation is 1. The molecule has 3 amide bonds. The Balaban J connectivity index is 1.52. The summed E-state index contributed by atoms with van der Waals surface area (Å²) in [5, 5.41) is 0. The molecular formula is C19H25N3O3. The van der Waals surface area contributed by atoms with Crippen LogP contribution >= 0.6 is 0 Å². The highest BCUT2D eigenvalue weighted by Crippen LogP contribution is 2.26. The number of hydrogen-bond donors (Lipinski definition) is 2. The molecule has 134 valence electrons. The standard InChI is InChI=1S/C19H25N3O3/c1-13-7-9-16(10-8-13)22-12-15(11-17(22)23)19(25)21-20-18(24)14-5-3-2-4-6-14/h7-10,14-15H,2-6,11-12H2,1H3,(H,20,24)(H,21,25)/t15-/m0/s1. The number of hydrazine groups is 1. The lowest BCUT2D eigenvalue weighted by molar-refractivity contribution is -0.133. The largest absolute Gasteiger partial charge is 0.312 e. The summed E-state index contributed by atoms with van der Waals surface area (Å²) in [7, 11) is 0. The number of nitrogens with one attached hydrogen (secondary N) is 2. The van der Waals surface area contributed by atoms with Crippen LogP contribution in [0, 0.1) is 18.8 Å². The molecule has 2 fully saturated rings. The smallest absolute Gasteiger partial charge is 0.243 e. The normalized spacial score (nSPS) is 21.2. The van der Waals surface area contributed by atoms with Crippen molar-refractivity contribution in [2.24, 2.45) is 11.8 Å². The molecule has 1 saturated carbocycles. The lowest BCUT2D eigenvalue weighted by atomic mass is 9.89. The van der Waals surface area contributed by atoms with E-state index >= 15 is 0 Å². The molecule has 1 atom stereocenters. The van der Waals surface area contributed by atoms with Crippen LogP contribution in [-0.4, -0.2) is 24.3 Å². The zero-order valence-electron chi connectivity index (χ0n) is 14.6. The van der Waals surface area contributed by atoms with Crippen molar-refractivity contribution in [3.8, 4) is 0 Å². The van der Waals surface area contributed by atoms with E-state index in [4.69, 9.17) is 0 Å². The number of carbonyl (C=O) groups excluding carboxylic acids is 3. The second-order valence-electron chi connectivity index (χ2n) is 7.05. The van der Waals surface area contributed by atoms with E-state index in [9.17, 15) is 14.4 Å². The van der Waals surface area contributed by atoms with Gasteiger partial charge in [-0.25, -0.2) is 0 Å². The molecule has 1 saturated heterocycles. The van der Waals surface area contributed by atoms with Crippen LogP contribution in [0.15, 0.2) is 24.3 Å². The predicted octanol–water partition coefficient (Wildman–Crippen LogP) is 2.08. The van der Waals surface area contributed by atoms with E-state index < -0.39 is 5.92 Å². The Bertz CT molecular complexity index is 650. The Kier molecular flexibility index (Phi) is 5.36. The molecule has 6 heteroatoms. The highest BCUT2D eigenvalue weighted by atomic mass is 16.2. The van der Waals surface area contributed by atoms with Gasteiger partial charge in [-0.3, -0.25) is 25.2 Å². The summed E-state index contributed by atoms with van der Waals surface area (Å²) in [4.78, 5) is 38.3. The minimum Gasteiger partial charge on any atom is -0.312 e. The molecule has 1 aliphatic heterocycles. The molecule has 0 bridgehead atoms. The van der Waals surface area contributed by atoms with Crippen LogP contribution in [0.5, 0.6) is 0 Å². The van der Waals surface area contributed by atoms with Crippen LogP contribution in [0.3, 0.4) is 0 Å². The van der Waals surface area contributed by atoms with Crippen LogP contribution in [0.25, 0.3) is 0 Å². The number of hydrogen-bond acceptors (Lipinski definition) is 3. The van der Waals surface area contributed by atoms with Gasteiger partial charge in [0.2, 0.25) is 17.7 Å². The van der Waals surface area contributed by atoms with Gasteiger partial charge in [0.25, 0.3) is 0 Å². The fourth-order valence-corrected chi connectivity index (χ4v) is 3.55. The molecular weight excluding hydrogens is 318 g/mol. The second kappa shape index (κ2) is 7.68. The molecule has 3 rings (SSSR count). The monoisotopic (exact) mass is 343 g/mol. The molecule has 2 aliphatic rings. The van der Waals surface area contributed by atoms with Crippen molar-refractivity contribution in [2.75, 3.05) is 11.4 Å². The van der Waals surface area contributed by atoms with Gasteiger partial charge in [-0.1, -0.05) is 37.0 Å². The van der Waals surface area contributed by atoms with Gasteiger partial charge in [0.05, 0.1) is 5.92 Å². The summed E-state index contributed by atoms with van der Waals surface area (Å²) >= 11 is 0. The Hall–Kier alpha value is -2.37. The van der Waals surface area contributed by atoms with Crippen LogP contribution in [0.2, 0.25) is 0 Å². The van der Waals surface area contributed by atoms with E-state index in [1.54, 1.807) is 4.90 Å². The van der Waals surface area contributed by atoms with Crippen molar-refractivity contribution in [1.29, 1.82) is 0 Å². The third-order valence-electron chi connectivity index (χ3n) is 5.13. The first-order valence-electron chi connectivity index (χ1n) is 9.01. The average molecular weight is 343 g/mol. The molecule has 0 spiro atoms. The van der Waals surface area contributed by atoms with Crippen molar-refractivity contribution in [3.63, 3.8) is 0 Å². The number of nitrogens with zero attached hydrogens (tertiary/aromatic N) is 1. The zero-order valence-corrected chi connectivity index (χ0v) is 14.6. The fraction of sp³-hybridized carbons (Fsp3) is 0.526. The third-order valence-corrected chi connectivity index (χ3v) is 5.13. The summed E-state index contributed by atoms with van der Waals surface area (Å²) in [5.41, 5.74) is 6.97. The van der Waals surface area contributed by atoms with Crippen LogP contribution in [-0.2, 0) is 14.4 Å². The Morgan fingerprint density at radius 3 is 2.20 bits per heavy atom. The van der Waals surface area contributed by atoms with Crippen molar-refractivity contribution in [3.05, 3.63) is 29.8 Å². The van der Waals surface area contributed by atoms with Crippen molar-refractivity contribution >= 4 is 23.4 Å². The number of anilines is 1. The van der Waals surface area contributed by atoms with Gasteiger partial charge in [-0.05, 0) is 31.9 Å². The number of rotatable bonds is 3. The average Bonchev–Trinajstić information content (AvgIpc) is 3.02. The van der Waals surface area contributed by atoms with E-state index in [2.05, 4.69) is 10.9 Å². The van der Waals surface area contributed by atoms with Gasteiger partial charge in [-0.2, -0.15) is 0 Å². The molecule has 1 aromatic rings. The summed E-state index contributed by atoms with van der Waals surface area (Å²) in [6, 6.07) is 7.66. The molecule has 6 nitrogen and oxygen atoms in total. The molecule has 25 heavy (non-hydrogen) atoms. The van der Waals surface area contributed by atoms with Crippen molar-refractivity contribution in [1.82, 2.24) is 10.9 Å². The SMILES string of the molecule is Cc1ccc(N2C[C@@H](C(=O)NNC(=O)C3CCCCC3)CC2=O)cc1. The first kappa shape index (κ1) is 17.5. The third kappa shape index (κ3) is 4.18. The van der Waals surface area contributed by atoms with Crippen LogP contribution in [0.1, 0.15) is 44.1 Å². The number of carbonyl (C=O) groups is 3. The maximum Gasteiger partial charge on any atom is 0.243 e.